The van der Waals surface area contributed by atoms with Gasteiger partial charge in [-0.15, -0.1) is 0 Å². The molecule has 5 nitrogen and oxygen atoms in total. The van der Waals surface area contributed by atoms with Crippen LogP contribution in [-0.4, -0.2) is 60.5 Å². The number of piperazine rings is 1. The molecule has 0 aromatic heterocycles. The molecule has 1 fully saturated rings. The highest BCUT2D eigenvalue weighted by molar-refractivity contribution is 5.46. The van der Waals surface area contributed by atoms with Crippen molar-refractivity contribution in [3.05, 3.63) is 60.2 Å². The van der Waals surface area contributed by atoms with Crippen molar-refractivity contribution in [3.63, 3.8) is 0 Å². The van der Waals surface area contributed by atoms with Crippen LogP contribution in [0.5, 0.6) is 5.75 Å². The van der Waals surface area contributed by atoms with Gasteiger partial charge in [0.15, 0.2) is 0 Å². The molecular formula is C22H30N2O3. The van der Waals surface area contributed by atoms with Crippen LogP contribution >= 0.6 is 0 Å². The molecule has 0 spiro atoms. The van der Waals surface area contributed by atoms with E-state index in [0.717, 1.165) is 37.5 Å². The number of para-hydroxylation sites is 1. The van der Waals surface area contributed by atoms with Gasteiger partial charge >= 0.3 is 0 Å². The molecule has 0 amide bonds. The fraction of sp³-hybridized carbons (Fsp3) is 0.455. The Kier molecular flexibility index (Phi) is 7.10. The zero-order valence-corrected chi connectivity index (χ0v) is 16.0. The molecule has 0 radical (unpaired) electrons. The maximum atomic E-state index is 10.3. The van der Waals surface area contributed by atoms with E-state index in [9.17, 15) is 10.2 Å². The molecular weight excluding hydrogens is 340 g/mol. The molecule has 1 aliphatic rings. The lowest BCUT2D eigenvalue weighted by Crippen LogP contribution is -2.49. The fourth-order valence-electron chi connectivity index (χ4n) is 3.39. The third-order valence-electron chi connectivity index (χ3n) is 5.06. The summed E-state index contributed by atoms with van der Waals surface area (Å²) >= 11 is 0. The molecule has 0 bridgehead atoms. The number of β-amino-alcohol motifs (C(OH)–C–C–N with tert-alkyl or cyclic N) is 1. The Morgan fingerprint density at radius 1 is 0.926 bits per heavy atom. The predicted molar refractivity (Wildman–Crippen MR) is 108 cm³/mol. The lowest BCUT2D eigenvalue weighted by molar-refractivity contribution is 0.0663. The van der Waals surface area contributed by atoms with E-state index < -0.39 is 12.2 Å². The molecule has 1 heterocycles. The summed E-state index contributed by atoms with van der Waals surface area (Å²) in [5.74, 6) is 0.718. The van der Waals surface area contributed by atoms with Gasteiger partial charge < -0.3 is 19.8 Å². The number of ether oxygens (including phenoxy) is 1. The molecule has 2 aromatic rings. The van der Waals surface area contributed by atoms with E-state index in [1.54, 1.807) is 0 Å². The molecule has 2 atom stereocenters. The first-order valence-electron chi connectivity index (χ1n) is 9.77. The third kappa shape index (κ3) is 5.70. The second-order valence-electron chi connectivity index (χ2n) is 7.08. The number of anilines is 1. The summed E-state index contributed by atoms with van der Waals surface area (Å²) in [4.78, 5) is 4.67. The summed E-state index contributed by atoms with van der Waals surface area (Å²) in [6.07, 6.45) is -0.260. The average Bonchev–Trinajstić information content (AvgIpc) is 2.73. The Labute approximate surface area is 161 Å². The standard InChI is InChI=1S/C22H30N2O3/c1-2-22(26)18-8-10-21(11-9-18)27-17-20(25)16-23-12-14-24(15-13-23)19-6-4-3-5-7-19/h3-11,20,22,25-26H,2,12-17H2,1H3. The predicted octanol–water partition coefficient (Wildman–Crippen LogP) is 2.69. The summed E-state index contributed by atoms with van der Waals surface area (Å²) in [5.41, 5.74) is 2.15. The van der Waals surface area contributed by atoms with E-state index in [2.05, 4.69) is 34.1 Å². The molecule has 146 valence electrons. The van der Waals surface area contributed by atoms with Gasteiger partial charge in [0.1, 0.15) is 18.5 Å². The van der Waals surface area contributed by atoms with Gasteiger partial charge in [-0.1, -0.05) is 37.3 Å². The first-order chi connectivity index (χ1) is 13.2. The molecule has 2 N–H and O–H groups in total. The van der Waals surface area contributed by atoms with Gasteiger partial charge in [-0.05, 0) is 36.2 Å². The SMILES string of the molecule is CCC(O)c1ccc(OCC(O)CN2CCN(c3ccccc3)CC2)cc1. The Morgan fingerprint density at radius 2 is 1.59 bits per heavy atom. The maximum Gasteiger partial charge on any atom is 0.119 e. The van der Waals surface area contributed by atoms with Crippen LogP contribution in [0, 0.1) is 0 Å². The highest BCUT2D eigenvalue weighted by atomic mass is 16.5. The molecule has 1 aliphatic heterocycles. The number of benzene rings is 2. The minimum absolute atomic E-state index is 0.272. The average molecular weight is 370 g/mol. The molecule has 27 heavy (non-hydrogen) atoms. The van der Waals surface area contributed by atoms with Crippen LogP contribution in [0.3, 0.4) is 0 Å². The number of aliphatic hydroxyl groups is 2. The number of nitrogens with zero attached hydrogens (tertiary/aromatic N) is 2. The fourth-order valence-corrected chi connectivity index (χ4v) is 3.39. The van der Waals surface area contributed by atoms with Crippen molar-refractivity contribution >= 4 is 5.69 Å². The number of hydrogen-bond donors (Lipinski definition) is 2. The molecule has 0 saturated carbocycles. The molecule has 3 rings (SSSR count). The quantitative estimate of drug-likeness (QED) is 0.748. The van der Waals surface area contributed by atoms with Crippen LogP contribution in [-0.2, 0) is 0 Å². The van der Waals surface area contributed by atoms with E-state index in [4.69, 9.17) is 4.74 Å². The summed E-state index contributed by atoms with van der Waals surface area (Å²) in [7, 11) is 0. The van der Waals surface area contributed by atoms with Gasteiger partial charge in [0.05, 0.1) is 6.10 Å². The normalized spacial score (nSPS) is 17.5. The zero-order valence-electron chi connectivity index (χ0n) is 16.0. The summed E-state index contributed by atoms with van der Waals surface area (Å²) in [6, 6.07) is 17.9. The molecule has 0 aliphatic carbocycles. The maximum absolute atomic E-state index is 10.3. The van der Waals surface area contributed by atoms with Gasteiger partial charge in [-0.25, -0.2) is 0 Å². The van der Waals surface area contributed by atoms with Crippen LogP contribution < -0.4 is 9.64 Å². The monoisotopic (exact) mass is 370 g/mol. The van der Waals surface area contributed by atoms with Crippen molar-refractivity contribution in [1.82, 2.24) is 4.90 Å². The molecule has 2 unspecified atom stereocenters. The Bertz CT molecular complexity index is 670. The topological polar surface area (TPSA) is 56.2 Å². The van der Waals surface area contributed by atoms with Crippen LogP contribution in [0.1, 0.15) is 25.0 Å². The second kappa shape index (κ2) is 9.74. The third-order valence-corrected chi connectivity index (χ3v) is 5.06. The summed E-state index contributed by atoms with van der Waals surface area (Å²) in [6.45, 7) is 6.66. The van der Waals surface area contributed by atoms with E-state index in [1.807, 2.05) is 37.3 Å². The number of hydrogen-bond acceptors (Lipinski definition) is 5. The molecule has 5 heteroatoms. The Morgan fingerprint density at radius 3 is 2.22 bits per heavy atom. The first-order valence-corrected chi connectivity index (χ1v) is 9.77. The van der Waals surface area contributed by atoms with Crippen molar-refractivity contribution in [2.45, 2.75) is 25.6 Å². The van der Waals surface area contributed by atoms with Crippen LogP contribution in [0.25, 0.3) is 0 Å². The lowest BCUT2D eigenvalue weighted by atomic mass is 10.1. The van der Waals surface area contributed by atoms with Crippen molar-refractivity contribution in [2.24, 2.45) is 0 Å². The van der Waals surface area contributed by atoms with E-state index in [0.29, 0.717) is 13.0 Å². The van der Waals surface area contributed by atoms with Gasteiger partial charge in [0.2, 0.25) is 0 Å². The van der Waals surface area contributed by atoms with Gasteiger partial charge in [0, 0.05) is 38.4 Å². The highest BCUT2D eigenvalue weighted by Crippen LogP contribution is 2.20. The van der Waals surface area contributed by atoms with Crippen molar-refractivity contribution in [2.75, 3.05) is 44.2 Å². The smallest absolute Gasteiger partial charge is 0.119 e. The van der Waals surface area contributed by atoms with Crippen LogP contribution in [0.15, 0.2) is 54.6 Å². The number of rotatable bonds is 8. The van der Waals surface area contributed by atoms with E-state index in [-0.39, 0.29) is 6.61 Å². The summed E-state index contributed by atoms with van der Waals surface area (Å²) in [5, 5.41) is 20.1. The van der Waals surface area contributed by atoms with E-state index in [1.165, 1.54) is 5.69 Å². The highest BCUT2D eigenvalue weighted by Gasteiger charge is 2.19. The second-order valence-corrected chi connectivity index (χ2v) is 7.08. The number of aliphatic hydroxyl groups excluding tert-OH is 2. The van der Waals surface area contributed by atoms with E-state index >= 15 is 0 Å². The Balaban J connectivity index is 1.39. The minimum atomic E-state index is -0.519. The molecule has 2 aromatic carbocycles. The van der Waals surface area contributed by atoms with Gasteiger partial charge in [-0.2, -0.15) is 0 Å². The first kappa shape index (κ1) is 19.7. The van der Waals surface area contributed by atoms with Crippen molar-refractivity contribution < 1.29 is 14.9 Å². The Hall–Kier alpha value is -2.08. The van der Waals surface area contributed by atoms with Crippen molar-refractivity contribution in [1.29, 1.82) is 0 Å². The minimum Gasteiger partial charge on any atom is -0.491 e. The molecule has 1 saturated heterocycles. The largest absolute Gasteiger partial charge is 0.491 e. The lowest BCUT2D eigenvalue weighted by Gasteiger charge is -2.36. The van der Waals surface area contributed by atoms with Gasteiger partial charge in [0.25, 0.3) is 0 Å². The van der Waals surface area contributed by atoms with Crippen LogP contribution in [0.2, 0.25) is 0 Å². The summed E-state index contributed by atoms with van der Waals surface area (Å²) < 4.78 is 5.70. The van der Waals surface area contributed by atoms with Crippen LogP contribution in [0.4, 0.5) is 5.69 Å². The van der Waals surface area contributed by atoms with Crippen molar-refractivity contribution in [3.8, 4) is 5.75 Å². The van der Waals surface area contributed by atoms with Gasteiger partial charge in [-0.3, -0.25) is 4.90 Å². The zero-order chi connectivity index (χ0) is 19.1.